The molecule has 126 valence electrons. The van der Waals surface area contributed by atoms with Crippen molar-refractivity contribution in [2.45, 2.75) is 23.8 Å². The van der Waals surface area contributed by atoms with Gasteiger partial charge in [0.2, 0.25) is 15.9 Å². The van der Waals surface area contributed by atoms with Gasteiger partial charge in [-0.05, 0) is 49.2 Å². The molecule has 0 aromatic heterocycles. The summed E-state index contributed by atoms with van der Waals surface area (Å²) in [6.07, 6.45) is 1.08. The number of carbonyl (C=O) groups is 1. The highest BCUT2D eigenvalue weighted by molar-refractivity contribution is 7.89. The number of hydrogen-bond acceptors (Lipinski definition) is 3. The Hall–Kier alpha value is -2.25. The van der Waals surface area contributed by atoms with Gasteiger partial charge in [-0.25, -0.2) is 12.8 Å². The lowest BCUT2D eigenvalue weighted by Gasteiger charge is -2.23. The number of nitrogens with one attached hydrogen (secondary N) is 1. The Morgan fingerprint density at radius 2 is 1.75 bits per heavy atom. The Bertz CT molecular complexity index is 823. The van der Waals surface area contributed by atoms with Crippen molar-refractivity contribution in [1.82, 2.24) is 4.31 Å². The van der Waals surface area contributed by atoms with Crippen molar-refractivity contribution in [2.24, 2.45) is 0 Å². The van der Waals surface area contributed by atoms with E-state index in [1.54, 1.807) is 18.2 Å². The molecule has 1 unspecified atom stereocenters. The number of benzene rings is 2. The summed E-state index contributed by atoms with van der Waals surface area (Å²) < 4.78 is 39.7. The van der Waals surface area contributed by atoms with Crippen LogP contribution in [0.5, 0.6) is 0 Å². The molecular weight excluding hydrogens is 331 g/mol. The normalized spacial score (nSPS) is 18.5. The summed E-state index contributed by atoms with van der Waals surface area (Å²) in [5.41, 5.74) is 0.436. The van der Waals surface area contributed by atoms with Crippen molar-refractivity contribution < 1.29 is 17.6 Å². The van der Waals surface area contributed by atoms with Crippen LogP contribution in [-0.2, 0) is 14.8 Å². The minimum atomic E-state index is -3.72. The van der Waals surface area contributed by atoms with Crippen LogP contribution in [0.3, 0.4) is 0 Å². The van der Waals surface area contributed by atoms with Gasteiger partial charge in [0.25, 0.3) is 0 Å². The molecule has 0 bridgehead atoms. The molecule has 2 aromatic carbocycles. The summed E-state index contributed by atoms with van der Waals surface area (Å²) in [5.74, 6) is -0.805. The summed E-state index contributed by atoms with van der Waals surface area (Å²) in [6.45, 7) is 0.304. The van der Waals surface area contributed by atoms with Crippen molar-refractivity contribution in [3.63, 3.8) is 0 Å². The van der Waals surface area contributed by atoms with E-state index in [4.69, 9.17) is 0 Å². The van der Waals surface area contributed by atoms with Gasteiger partial charge in [0.05, 0.1) is 4.90 Å². The molecule has 1 saturated heterocycles. The Kier molecular flexibility index (Phi) is 4.64. The summed E-state index contributed by atoms with van der Waals surface area (Å²) in [6, 6.07) is 12.7. The first-order chi connectivity index (χ1) is 11.5. The van der Waals surface area contributed by atoms with Crippen LogP contribution in [0.1, 0.15) is 12.8 Å². The molecule has 1 amide bonds. The van der Waals surface area contributed by atoms with Crippen molar-refractivity contribution in [3.05, 3.63) is 60.4 Å². The second-order valence-corrected chi connectivity index (χ2v) is 7.47. The van der Waals surface area contributed by atoms with Crippen molar-refractivity contribution in [1.29, 1.82) is 0 Å². The van der Waals surface area contributed by atoms with Crippen molar-refractivity contribution >= 4 is 21.6 Å². The number of nitrogens with zero attached hydrogens (tertiary/aromatic N) is 1. The van der Waals surface area contributed by atoms with Crippen molar-refractivity contribution in [2.75, 3.05) is 11.9 Å². The summed E-state index contributed by atoms with van der Waals surface area (Å²) >= 11 is 0. The van der Waals surface area contributed by atoms with E-state index >= 15 is 0 Å². The molecule has 1 N–H and O–H groups in total. The van der Waals surface area contributed by atoms with Crippen LogP contribution in [0, 0.1) is 5.82 Å². The van der Waals surface area contributed by atoms with Gasteiger partial charge in [0.15, 0.2) is 0 Å². The van der Waals surface area contributed by atoms with Crippen LogP contribution in [0.25, 0.3) is 0 Å². The molecule has 1 atom stereocenters. The monoisotopic (exact) mass is 348 g/mol. The van der Waals surface area contributed by atoms with E-state index in [9.17, 15) is 17.6 Å². The third-order valence-electron chi connectivity index (χ3n) is 3.97. The lowest BCUT2D eigenvalue weighted by atomic mass is 10.2. The van der Waals surface area contributed by atoms with E-state index < -0.39 is 27.8 Å². The molecule has 2 aromatic rings. The first-order valence-corrected chi connectivity index (χ1v) is 9.06. The zero-order valence-corrected chi connectivity index (χ0v) is 13.7. The van der Waals surface area contributed by atoms with Gasteiger partial charge in [0.1, 0.15) is 11.9 Å². The number of carbonyl (C=O) groups excluding carboxylic acids is 1. The molecule has 0 spiro atoms. The largest absolute Gasteiger partial charge is 0.325 e. The van der Waals surface area contributed by atoms with Crippen LogP contribution < -0.4 is 5.32 Å². The summed E-state index contributed by atoms with van der Waals surface area (Å²) in [7, 11) is -3.72. The molecule has 0 saturated carbocycles. The molecule has 0 aliphatic carbocycles. The van der Waals surface area contributed by atoms with E-state index in [-0.39, 0.29) is 4.90 Å². The molecule has 5 nitrogen and oxygen atoms in total. The molecule has 1 aliphatic rings. The van der Waals surface area contributed by atoms with Gasteiger partial charge >= 0.3 is 0 Å². The van der Waals surface area contributed by atoms with Gasteiger partial charge in [-0.2, -0.15) is 4.31 Å². The zero-order chi connectivity index (χ0) is 17.2. The maximum absolute atomic E-state index is 12.9. The Morgan fingerprint density at radius 1 is 1.08 bits per heavy atom. The highest BCUT2D eigenvalue weighted by Gasteiger charge is 2.39. The average molecular weight is 348 g/mol. The fraction of sp³-hybridized carbons (Fsp3) is 0.235. The van der Waals surface area contributed by atoms with Gasteiger partial charge < -0.3 is 5.32 Å². The molecule has 1 fully saturated rings. The summed E-state index contributed by atoms with van der Waals surface area (Å²) in [4.78, 5) is 12.6. The van der Waals surface area contributed by atoms with Crippen LogP contribution in [-0.4, -0.2) is 31.2 Å². The first-order valence-electron chi connectivity index (χ1n) is 7.62. The van der Waals surface area contributed by atoms with Gasteiger partial charge in [0, 0.05) is 12.2 Å². The summed E-state index contributed by atoms with van der Waals surface area (Å²) in [5, 5.41) is 2.65. The molecule has 7 heteroatoms. The number of halogens is 1. The van der Waals surface area contributed by atoms with E-state index in [1.165, 1.54) is 40.7 Å². The second-order valence-electron chi connectivity index (χ2n) is 5.58. The molecular formula is C17H17FN2O3S. The quantitative estimate of drug-likeness (QED) is 0.924. The highest BCUT2D eigenvalue weighted by atomic mass is 32.2. The smallest absolute Gasteiger partial charge is 0.243 e. The van der Waals surface area contributed by atoms with Crippen LogP contribution in [0.2, 0.25) is 0 Å². The fourth-order valence-electron chi connectivity index (χ4n) is 2.78. The number of hydrogen-bond donors (Lipinski definition) is 1. The van der Waals surface area contributed by atoms with Crippen molar-refractivity contribution in [3.8, 4) is 0 Å². The Morgan fingerprint density at radius 3 is 2.42 bits per heavy atom. The molecule has 1 aliphatic heterocycles. The molecule has 24 heavy (non-hydrogen) atoms. The average Bonchev–Trinajstić information content (AvgIpc) is 3.08. The lowest BCUT2D eigenvalue weighted by molar-refractivity contribution is -0.119. The van der Waals surface area contributed by atoms with Gasteiger partial charge in [-0.3, -0.25) is 4.79 Å². The predicted octanol–water partition coefficient (Wildman–Crippen LogP) is 2.62. The fourth-order valence-corrected chi connectivity index (χ4v) is 4.45. The SMILES string of the molecule is O=C(Nc1ccc(F)cc1)C1CCCN1S(=O)(=O)c1ccccc1. The second kappa shape index (κ2) is 6.70. The third-order valence-corrected chi connectivity index (χ3v) is 5.89. The number of sulfonamides is 1. The number of anilines is 1. The predicted molar refractivity (Wildman–Crippen MR) is 88.4 cm³/mol. The maximum Gasteiger partial charge on any atom is 0.243 e. The van der Waals surface area contributed by atoms with E-state index in [2.05, 4.69) is 5.32 Å². The minimum Gasteiger partial charge on any atom is -0.325 e. The Labute approximate surface area is 140 Å². The Balaban J connectivity index is 1.80. The molecule has 1 heterocycles. The van der Waals surface area contributed by atoms with E-state index in [1.807, 2.05) is 0 Å². The van der Waals surface area contributed by atoms with E-state index in [0.29, 0.717) is 25.1 Å². The lowest BCUT2D eigenvalue weighted by Crippen LogP contribution is -2.43. The molecule has 0 radical (unpaired) electrons. The highest BCUT2D eigenvalue weighted by Crippen LogP contribution is 2.27. The van der Waals surface area contributed by atoms with E-state index in [0.717, 1.165) is 0 Å². The van der Waals surface area contributed by atoms with Crippen LogP contribution in [0.15, 0.2) is 59.5 Å². The van der Waals surface area contributed by atoms with Gasteiger partial charge in [-0.1, -0.05) is 18.2 Å². The standard InChI is InChI=1S/C17H17FN2O3S/c18-13-8-10-14(11-9-13)19-17(21)16-7-4-12-20(16)24(22,23)15-5-2-1-3-6-15/h1-3,5-6,8-11,16H,4,7,12H2,(H,19,21). The number of amides is 1. The zero-order valence-electron chi connectivity index (χ0n) is 12.9. The first kappa shape index (κ1) is 16.6. The third kappa shape index (κ3) is 3.32. The van der Waals surface area contributed by atoms with Crippen LogP contribution in [0.4, 0.5) is 10.1 Å². The topological polar surface area (TPSA) is 66.5 Å². The van der Waals surface area contributed by atoms with Crippen LogP contribution >= 0.6 is 0 Å². The maximum atomic E-state index is 12.9. The number of rotatable bonds is 4. The molecule has 3 rings (SSSR count). The minimum absolute atomic E-state index is 0.173. The van der Waals surface area contributed by atoms with Gasteiger partial charge in [-0.15, -0.1) is 0 Å².